The quantitative estimate of drug-likeness (QED) is 0.186. The molecule has 0 fully saturated rings. The molecule has 2 aromatic carbocycles. The first-order valence-electron chi connectivity index (χ1n) is 10.1. The van der Waals surface area contributed by atoms with Crippen LogP contribution in [-0.4, -0.2) is 30.0 Å². The molecule has 0 saturated heterocycles. The summed E-state index contributed by atoms with van der Waals surface area (Å²) in [5.74, 6) is -0.510. The van der Waals surface area contributed by atoms with Crippen molar-refractivity contribution < 1.29 is 24.0 Å². The van der Waals surface area contributed by atoms with Crippen molar-refractivity contribution in [3.05, 3.63) is 75.5 Å². The number of nitrogens with one attached hydrogen (secondary N) is 1. The average molecular weight is 426 g/mol. The highest BCUT2D eigenvalue weighted by molar-refractivity contribution is 6.03. The summed E-state index contributed by atoms with van der Waals surface area (Å²) >= 11 is 0. The summed E-state index contributed by atoms with van der Waals surface area (Å²) in [5, 5.41) is 13.4. The van der Waals surface area contributed by atoms with Gasteiger partial charge in [-0.2, -0.15) is 0 Å². The third-order valence-electron chi connectivity index (χ3n) is 4.20. The van der Waals surface area contributed by atoms with Crippen LogP contribution in [0.2, 0.25) is 0 Å². The van der Waals surface area contributed by atoms with Crippen molar-refractivity contribution in [2.45, 2.75) is 33.1 Å². The number of esters is 1. The molecule has 0 radical (unpaired) electrons. The van der Waals surface area contributed by atoms with Gasteiger partial charge in [0.15, 0.2) is 0 Å². The van der Waals surface area contributed by atoms with Gasteiger partial charge in [0.25, 0.3) is 11.6 Å². The van der Waals surface area contributed by atoms with E-state index < -0.39 is 16.8 Å². The minimum absolute atomic E-state index is 0.0597. The minimum atomic E-state index is -0.687. The third kappa shape index (κ3) is 7.58. The second-order valence-corrected chi connectivity index (χ2v) is 6.72. The van der Waals surface area contributed by atoms with E-state index in [9.17, 15) is 19.7 Å². The Morgan fingerprint density at radius 2 is 1.68 bits per heavy atom. The van der Waals surface area contributed by atoms with Gasteiger partial charge in [-0.1, -0.05) is 20.3 Å². The fraction of sp³-hybridized carbons (Fsp3) is 0.304. The SMILES string of the molecule is CCCCOc1ccc(C(=O)NC(=Cc2ccc([N+](=O)[O-])cc2)C(=O)OCCC)cc1. The molecule has 0 saturated carbocycles. The molecule has 0 aromatic heterocycles. The molecule has 0 bridgehead atoms. The van der Waals surface area contributed by atoms with Crippen LogP contribution in [0.15, 0.2) is 54.2 Å². The van der Waals surface area contributed by atoms with Gasteiger partial charge in [-0.15, -0.1) is 0 Å². The molecule has 1 amide bonds. The summed E-state index contributed by atoms with van der Waals surface area (Å²) < 4.78 is 10.7. The van der Waals surface area contributed by atoms with Crippen molar-refractivity contribution in [2.24, 2.45) is 0 Å². The normalized spacial score (nSPS) is 11.0. The molecule has 8 heteroatoms. The largest absolute Gasteiger partial charge is 0.494 e. The van der Waals surface area contributed by atoms with E-state index in [0.717, 1.165) is 12.8 Å². The molecular weight excluding hydrogens is 400 g/mol. The van der Waals surface area contributed by atoms with Gasteiger partial charge < -0.3 is 14.8 Å². The Morgan fingerprint density at radius 3 is 2.26 bits per heavy atom. The number of benzene rings is 2. The number of ether oxygens (including phenoxy) is 2. The van der Waals surface area contributed by atoms with E-state index in [1.54, 1.807) is 24.3 Å². The second kappa shape index (κ2) is 12.1. The van der Waals surface area contributed by atoms with Crippen LogP contribution in [0.3, 0.4) is 0 Å². The smallest absolute Gasteiger partial charge is 0.354 e. The van der Waals surface area contributed by atoms with Crippen molar-refractivity contribution in [2.75, 3.05) is 13.2 Å². The lowest BCUT2D eigenvalue weighted by atomic mass is 10.1. The first-order chi connectivity index (χ1) is 14.9. The van der Waals surface area contributed by atoms with E-state index in [-0.39, 0.29) is 18.0 Å². The summed E-state index contributed by atoms with van der Waals surface area (Å²) in [6.45, 7) is 4.74. The number of carbonyl (C=O) groups excluding carboxylic acids is 2. The molecule has 2 rings (SSSR count). The van der Waals surface area contributed by atoms with Crippen LogP contribution in [-0.2, 0) is 9.53 Å². The fourth-order valence-electron chi connectivity index (χ4n) is 2.51. The number of amides is 1. The number of carbonyl (C=O) groups is 2. The Labute approximate surface area is 181 Å². The molecule has 0 atom stereocenters. The molecule has 0 unspecified atom stereocenters. The van der Waals surface area contributed by atoms with E-state index in [1.807, 2.05) is 6.92 Å². The lowest BCUT2D eigenvalue weighted by molar-refractivity contribution is -0.384. The minimum Gasteiger partial charge on any atom is -0.494 e. The van der Waals surface area contributed by atoms with Crippen molar-refractivity contribution in [3.63, 3.8) is 0 Å². The van der Waals surface area contributed by atoms with Gasteiger partial charge in [0.05, 0.1) is 18.1 Å². The molecule has 0 aliphatic carbocycles. The molecule has 31 heavy (non-hydrogen) atoms. The highest BCUT2D eigenvalue weighted by Crippen LogP contribution is 2.16. The van der Waals surface area contributed by atoms with Gasteiger partial charge in [0.1, 0.15) is 11.4 Å². The zero-order valence-corrected chi connectivity index (χ0v) is 17.6. The predicted octanol–water partition coefficient (Wildman–Crippen LogP) is 4.50. The number of rotatable bonds is 11. The van der Waals surface area contributed by atoms with Crippen LogP contribution >= 0.6 is 0 Å². The van der Waals surface area contributed by atoms with Gasteiger partial charge in [-0.25, -0.2) is 4.79 Å². The molecule has 2 aromatic rings. The number of non-ortho nitro benzene ring substituents is 1. The molecule has 0 aliphatic heterocycles. The zero-order valence-electron chi connectivity index (χ0n) is 17.6. The number of unbranched alkanes of at least 4 members (excludes halogenated alkanes) is 1. The number of hydrogen-bond donors (Lipinski definition) is 1. The lowest BCUT2D eigenvalue weighted by Gasteiger charge is -2.11. The van der Waals surface area contributed by atoms with Gasteiger partial charge in [0, 0.05) is 17.7 Å². The summed E-state index contributed by atoms with van der Waals surface area (Å²) in [5.41, 5.74) is 0.725. The van der Waals surface area contributed by atoms with Crippen molar-refractivity contribution in [3.8, 4) is 5.75 Å². The van der Waals surface area contributed by atoms with Crippen LogP contribution in [0.1, 0.15) is 49.0 Å². The standard InChI is InChI=1S/C23H26N2O6/c1-3-5-15-30-20-12-8-18(9-13-20)22(26)24-21(23(27)31-14-4-2)16-17-6-10-19(11-7-17)25(28)29/h6-13,16H,3-5,14-15H2,1-2H3,(H,24,26). The summed E-state index contributed by atoms with van der Waals surface area (Å²) in [7, 11) is 0. The Morgan fingerprint density at radius 1 is 1.00 bits per heavy atom. The monoisotopic (exact) mass is 426 g/mol. The van der Waals surface area contributed by atoms with Crippen LogP contribution in [0.25, 0.3) is 6.08 Å². The van der Waals surface area contributed by atoms with Gasteiger partial charge in [0.2, 0.25) is 0 Å². The predicted molar refractivity (Wildman–Crippen MR) is 117 cm³/mol. The average Bonchev–Trinajstić information content (AvgIpc) is 2.78. The number of nitrogens with zero attached hydrogens (tertiary/aromatic N) is 1. The number of hydrogen-bond acceptors (Lipinski definition) is 6. The van der Waals surface area contributed by atoms with Gasteiger partial charge in [-0.05, 0) is 60.9 Å². The maximum Gasteiger partial charge on any atom is 0.354 e. The lowest BCUT2D eigenvalue weighted by Crippen LogP contribution is -2.28. The highest BCUT2D eigenvalue weighted by Gasteiger charge is 2.16. The van der Waals surface area contributed by atoms with Crippen LogP contribution in [0, 0.1) is 10.1 Å². The van der Waals surface area contributed by atoms with Crippen LogP contribution in [0.5, 0.6) is 5.75 Å². The molecule has 164 valence electrons. The van der Waals surface area contributed by atoms with Crippen molar-refractivity contribution in [1.29, 1.82) is 0 Å². The van der Waals surface area contributed by atoms with Crippen molar-refractivity contribution >= 4 is 23.6 Å². The molecule has 0 aliphatic rings. The van der Waals surface area contributed by atoms with Gasteiger partial charge in [-0.3, -0.25) is 14.9 Å². The Kier molecular flexibility index (Phi) is 9.22. The van der Waals surface area contributed by atoms with Crippen LogP contribution < -0.4 is 10.1 Å². The number of nitro groups is 1. The maximum absolute atomic E-state index is 12.6. The highest BCUT2D eigenvalue weighted by atomic mass is 16.6. The molecule has 1 N–H and O–H groups in total. The van der Waals surface area contributed by atoms with E-state index in [4.69, 9.17) is 9.47 Å². The maximum atomic E-state index is 12.6. The molecular formula is C23H26N2O6. The zero-order chi connectivity index (χ0) is 22.6. The van der Waals surface area contributed by atoms with E-state index in [2.05, 4.69) is 12.2 Å². The summed E-state index contributed by atoms with van der Waals surface area (Å²) in [4.78, 5) is 35.4. The summed E-state index contributed by atoms with van der Waals surface area (Å²) in [6, 6.07) is 12.2. The van der Waals surface area contributed by atoms with E-state index in [1.165, 1.54) is 30.3 Å². The fourth-order valence-corrected chi connectivity index (χ4v) is 2.51. The molecule has 0 spiro atoms. The molecule has 0 heterocycles. The van der Waals surface area contributed by atoms with E-state index in [0.29, 0.717) is 29.9 Å². The third-order valence-corrected chi connectivity index (χ3v) is 4.20. The Balaban J connectivity index is 2.17. The van der Waals surface area contributed by atoms with Gasteiger partial charge >= 0.3 is 5.97 Å². The first kappa shape index (κ1) is 23.6. The second-order valence-electron chi connectivity index (χ2n) is 6.72. The topological polar surface area (TPSA) is 108 Å². The molecule has 8 nitrogen and oxygen atoms in total. The summed E-state index contributed by atoms with van der Waals surface area (Å²) in [6.07, 6.45) is 4.02. The number of nitro benzene ring substituents is 1. The van der Waals surface area contributed by atoms with Crippen molar-refractivity contribution in [1.82, 2.24) is 5.32 Å². The van der Waals surface area contributed by atoms with Crippen LogP contribution in [0.4, 0.5) is 5.69 Å². The Hall–Kier alpha value is -3.68. The van der Waals surface area contributed by atoms with E-state index >= 15 is 0 Å². The first-order valence-corrected chi connectivity index (χ1v) is 10.1. The Bertz CT molecular complexity index is 920.